The molecule has 0 radical (unpaired) electrons. The Morgan fingerprint density at radius 2 is 2.14 bits per heavy atom. The maximum Gasteiger partial charge on any atom is 0.254 e. The van der Waals surface area contributed by atoms with Crippen molar-refractivity contribution in [1.29, 1.82) is 0 Å². The lowest BCUT2D eigenvalue weighted by molar-refractivity contribution is -0.123. The number of rotatable bonds is 5. The van der Waals surface area contributed by atoms with Gasteiger partial charge in [0.2, 0.25) is 5.91 Å². The lowest BCUT2D eigenvalue weighted by Gasteiger charge is -2.27. The predicted octanol–water partition coefficient (Wildman–Crippen LogP) is 0.243. The third-order valence-corrected chi connectivity index (χ3v) is 3.63. The van der Waals surface area contributed by atoms with Crippen molar-refractivity contribution in [2.75, 3.05) is 33.4 Å². The molecule has 1 aliphatic rings. The van der Waals surface area contributed by atoms with E-state index in [1.807, 2.05) is 0 Å². The molecular formula is C15H20FN3O3. The molecule has 120 valence electrons. The van der Waals surface area contributed by atoms with E-state index < -0.39 is 18.8 Å². The highest BCUT2D eigenvalue weighted by molar-refractivity contribution is 5.97. The molecule has 3 N–H and O–H groups in total. The zero-order chi connectivity index (χ0) is 16.1. The summed E-state index contributed by atoms with van der Waals surface area (Å²) in [5, 5.41) is 2.67. The van der Waals surface area contributed by atoms with Gasteiger partial charge in [0, 0.05) is 25.8 Å². The van der Waals surface area contributed by atoms with Gasteiger partial charge in [0.1, 0.15) is 6.67 Å². The maximum atomic E-state index is 12.7. The number of carbonyl (C=O) groups excluding carboxylic acids is 2. The van der Waals surface area contributed by atoms with Crippen LogP contribution in [-0.4, -0.2) is 56.2 Å². The summed E-state index contributed by atoms with van der Waals surface area (Å²) in [6, 6.07) is 5.92. The molecule has 2 amide bonds. The first-order chi connectivity index (χ1) is 10.6. The van der Waals surface area contributed by atoms with Gasteiger partial charge in [-0.15, -0.1) is 0 Å². The molecule has 1 heterocycles. The summed E-state index contributed by atoms with van der Waals surface area (Å²) in [6.45, 7) is 0.315. The molecule has 22 heavy (non-hydrogen) atoms. The highest BCUT2D eigenvalue weighted by atomic mass is 19.1. The van der Waals surface area contributed by atoms with E-state index in [9.17, 15) is 14.0 Å². The van der Waals surface area contributed by atoms with Crippen LogP contribution in [0.25, 0.3) is 0 Å². The number of amides is 2. The molecular weight excluding hydrogens is 289 g/mol. The van der Waals surface area contributed by atoms with Crippen LogP contribution in [0.4, 0.5) is 4.39 Å². The van der Waals surface area contributed by atoms with Crippen LogP contribution in [0.15, 0.2) is 24.3 Å². The molecule has 6 nitrogen and oxygen atoms in total. The van der Waals surface area contributed by atoms with Crippen molar-refractivity contribution in [2.45, 2.75) is 12.1 Å². The van der Waals surface area contributed by atoms with Crippen LogP contribution in [0.3, 0.4) is 0 Å². The number of methoxy groups -OCH3 is 1. The second-order valence-electron chi connectivity index (χ2n) is 5.17. The smallest absolute Gasteiger partial charge is 0.254 e. The fraction of sp³-hybridized carbons (Fsp3) is 0.467. The number of piperazine rings is 1. The average Bonchev–Trinajstić information content (AvgIpc) is 2.55. The van der Waals surface area contributed by atoms with E-state index in [2.05, 4.69) is 5.32 Å². The van der Waals surface area contributed by atoms with E-state index in [1.54, 1.807) is 24.3 Å². The van der Waals surface area contributed by atoms with Gasteiger partial charge in [-0.25, -0.2) is 4.39 Å². The maximum absolute atomic E-state index is 12.7. The van der Waals surface area contributed by atoms with Gasteiger partial charge >= 0.3 is 0 Å². The first-order valence-corrected chi connectivity index (χ1v) is 7.07. The van der Waals surface area contributed by atoms with E-state index in [1.165, 1.54) is 12.0 Å². The molecule has 1 aliphatic heterocycles. The first kappa shape index (κ1) is 16.4. The van der Waals surface area contributed by atoms with E-state index in [0.29, 0.717) is 24.2 Å². The van der Waals surface area contributed by atoms with Gasteiger partial charge in [0.25, 0.3) is 5.91 Å². The highest BCUT2D eigenvalue weighted by Crippen LogP contribution is 2.21. The molecule has 2 atom stereocenters. The number of benzene rings is 1. The molecule has 0 bridgehead atoms. The highest BCUT2D eigenvalue weighted by Gasteiger charge is 2.23. The molecule has 1 aromatic carbocycles. The molecule has 1 saturated heterocycles. The molecule has 1 aromatic rings. The predicted molar refractivity (Wildman–Crippen MR) is 79.1 cm³/mol. The Kier molecular flexibility index (Phi) is 5.46. The lowest BCUT2D eigenvalue weighted by atomic mass is 10.0. The molecule has 0 aliphatic carbocycles. The number of hydrogen-bond donors (Lipinski definition) is 2. The quantitative estimate of drug-likeness (QED) is 0.816. The fourth-order valence-corrected chi connectivity index (χ4v) is 2.45. The minimum atomic E-state index is -0.752. The van der Waals surface area contributed by atoms with Crippen molar-refractivity contribution in [2.24, 2.45) is 5.73 Å². The van der Waals surface area contributed by atoms with E-state index in [-0.39, 0.29) is 18.4 Å². The minimum absolute atomic E-state index is 0.0635. The van der Waals surface area contributed by atoms with Crippen LogP contribution in [0, 0.1) is 0 Å². The SMILES string of the molecule is CO[C@H](c1ccc(C(=O)N2CCNC(=O)C2)cc1)[C@H](N)CF. The number of ether oxygens (including phenoxy) is 1. The van der Waals surface area contributed by atoms with Crippen molar-refractivity contribution in [3.63, 3.8) is 0 Å². The lowest BCUT2D eigenvalue weighted by Crippen LogP contribution is -2.49. The summed E-state index contributed by atoms with van der Waals surface area (Å²) in [5.41, 5.74) is 6.85. The van der Waals surface area contributed by atoms with Gasteiger partial charge < -0.3 is 20.7 Å². The summed E-state index contributed by atoms with van der Waals surface area (Å²) >= 11 is 0. The third kappa shape index (κ3) is 3.61. The van der Waals surface area contributed by atoms with Crippen molar-refractivity contribution < 1.29 is 18.7 Å². The Balaban J connectivity index is 2.10. The molecule has 1 fully saturated rings. The van der Waals surface area contributed by atoms with Crippen molar-refractivity contribution in [3.05, 3.63) is 35.4 Å². The zero-order valence-electron chi connectivity index (χ0n) is 12.4. The van der Waals surface area contributed by atoms with Gasteiger partial charge in [-0.1, -0.05) is 12.1 Å². The normalized spacial score (nSPS) is 17.8. The Labute approximate surface area is 128 Å². The van der Waals surface area contributed by atoms with Crippen molar-refractivity contribution in [3.8, 4) is 0 Å². The summed E-state index contributed by atoms with van der Waals surface area (Å²) in [5.74, 6) is -0.366. The topological polar surface area (TPSA) is 84.7 Å². The van der Waals surface area contributed by atoms with Gasteiger partial charge in [0.05, 0.1) is 18.7 Å². The molecule has 7 heteroatoms. The Hall–Kier alpha value is -1.99. The second kappa shape index (κ2) is 7.33. The number of alkyl halides is 1. The van der Waals surface area contributed by atoms with Gasteiger partial charge in [0.15, 0.2) is 0 Å². The summed E-state index contributed by atoms with van der Waals surface area (Å²) < 4.78 is 17.9. The second-order valence-corrected chi connectivity index (χ2v) is 5.17. The minimum Gasteiger partial charge on any atom is -0.375 e. The number of halogens is 1. The first-order valence-electron chi connectivity index (χ1n) is 7.07. The number of nitrogens with zero attached hydrogens (tertiary/aromatic N) is 1. The van der Waals surface area contributed by atoms with Crippen molar-refractivity contribution >= 4 is 11.8 Å². The average molecular weight is 309 g/mol. The summed E-state index contributed by atoms with van der Waals surface area (Å²) in [7, 11) is 1.46. The monoisotopic (exact) mass is 309 g/mol. The number of carbonyl (C=O) groups is 2. The van der Waals surface area contributed by atoms with Gasteiger partial charge in [-0.2, -0.15) is 0 Å². The van der Waals surface area contributed by atoms with Crippen LogP contribution >= 0.6 is 0 Å². The molecule has 2 rings (SSSR count). The fourth-order valence-electron chi connectivity index (χ4n) is 2.45. The van der Waals surface area contributed by atoms with Crippen LogP contribution in [0.2, 0.25) is 0 Å². The van der Waals surface area contributed by atoms with Crippen LogP contribution in [0.1, 0.15) is 22.0 Å². The van der Waals surface area contributed by atoms with E-state index in [0.717, 1.165) is 0 Å². The number of nitrogens with one attached hydrogen (secondary N) is 1. The summed E-state index contributed by atoms with van der Waals surface area (Å²) in [6.07, 6.45) is -0.560. The molecule has 0 unspecified atom stereocenters. The van der Waals surface area contributed by atoms with Crippen LogP contribution in [0.5, 0.6) is 0 Å². The van der Waals surface area contributed by atoms with Gasteiger partial charge in [-0.3, -0.25) is 9.59 Å². The van der Waals surface area contributed by atoms with E-state index in [4.69, 9.17) is 10.5 Å². The van der Waals surface area contributed by atoms with E-state index >= 15 is 0 Å². The van der Waals surface area contributed by atoms with Crippen LogP contribution < -0.4 is 11.1 Å². The molecule has 0 aromatic heterocycles. The largest absolute Gasteiger partial charge is 0.375 e. The standard InChI is InChI=1S/C15H20FN3O3/c1-22-14(12(17)8-16)10-2-4-11(5-3-10)15(21)19-7-6-18-13(20)9-19/h2-5,12,14H,6-9,17H2,1H3,(H,18,20)/t12-,14-/m1/s1. The number of nitrogens with two attached hydrogens (primary N) is 1. The zero-order valence-corrected chi connectivity index (χ0v) is 12.4. The van der Waals surface area contributed by atoms with Crippen LogP contribution in [-0.2, 0) is 9.53 Å². The van der Waals surface area contributed by atoms with Gasteiger partial charge in [-0.05, 0) is 17.7 Å². The third-order valence-electron chi connectivity index (χ3n) is 3.63. The molecule has 0 spiro atoms. The Morgan fingerprint density at radius 3 is 2.68 bits per heavy atom. The van der Waals surface area contributed by atoms with Crippen molar-refractivity contribution in [1.82, 2.24) is 10.2 Å². The Morgan fingerprint density at radius 1 is 1.45 bits per heavy atom. The summed E-state index contributed by atoms with van der Waals surface area (Å²) in [4.78, 5) is 25.1. The molecule has 0 saturated carbocycles. The number of hydrogen-bond acceptors (Lipinski definition) is 4. The Bertz CT molecular complexity index is 535.